The van der Waals surface area contributed by atoms with Crippen molar-refractivity contribution in [3.63, 3.8) is 0 Å². The highest BCUT2D eigenvalue weighted by molar-refractivity contribution is 5.73. The first kappa shape index (κ1) is 14.5. The lowest BCUT2D eigenvalue weighted by atomic mass is 10.1. The molecule has 0 aromatic carbocycles. The first-order valence-corrected chi connectivity index (χ1v) is 6.89. The van der Waals surface area contributed by atoms with Crippen LogP contribution < -0.4 is 5.32 Å². The van der Waals surface area contributed by atoms with Gasteiger partial charge < -0.3 is 10.4 Å². The molecule has 0 heterocycles. The van der Waals surface area contributed by atoms with Crippen LogP contribution in [0.4, 0.5) is 0 Å². The molecule has 1 fully saturated rings. The van der Waals surface area contributed by atoms with Gasteiger partial charge in [-0.25, -0.2) is 0 Å². The highest BCUT2D eigenvalue weighted by Gasteiger charge is 2.27. The highest BCUT2D eigenvalue weighted by atomic mass is 16.4. The standard InChI is InChI=1S/C13H26N2O2/c1-3-5-6-12(13(16)17)14-9-10-15(4-2)11-7-8-11/h11-12,14H,3-10H2,1-2H3,(H,16,17). The molecular formula is C13H26N2O2. The molecule has 4 nitrogen and oxygen atoms in total. The summed E-state index contributed by atoms with van der Waals surface area (Å²) in [5.74, 6) is -0.715. The van der Waals surface area contributed by atoms with Crippen molar-refractivity contribution < 1.29 is 9.90 Å². The predicted octanol–water partition coefficient (Wildman–Crippen LogP) is 1.70. The van der Waals surface area contributed by atoms with Gasteiger partial charge in [-0.05, 0) is 25.8 Å². The van der Waals surface area contributed by atoms with Crippen molar-refractivity contribution in [2.75, 3.05) is 19.6 Å². The van der Waals surface area contributed by atoms with Crippen molar-refractivity contribution in [2.24, 2.45) is 0 Å². The number of carboxylic acids is 1. The van der Waals surface area contributed by atoms with E-state index >= 15 is 0 Å². The number of unbranched alkanes of at least 4 members (excludes halogenated alkanes) is 1. The van der Waals surface area contributed by atoms with E-state index in [1.54, 1.807) is 0 Å². The summed E-state index contributed by atoms with van der Waals surface area (Å²) in [4.78, 5) is 13.5. The maximum atomic E-state index is 11.0. The minimum absolute atomic E-state index is 0.368. The average Bonchev–Trinajstić information content (AvgIpc) is 3.12. The Morgan fingerprint density at radius 2 is 2.18 bits per heavy atom. The maximum absolute atomic E-state index is 11.0. The van der Waals surface area contributed by atoms with Crippen molar-refractivity contribution in [1.82, 2.24) is 10.2 Å². The monoisotopic (exact) mass is 242 g/mol. The van der Waals surface area contributed by atoms with Crippen molar-refractivity contribution in [1.29, 1.82) is 0 Å². The third-order valence-electron chi connectivity index (χ3n) is 3.40. The summed E-state index contributed by atoms with van der Waals surface area (Å²) in [5.41, 5.74) is 0. The lowest BCUT2D eigenvalue weighted by Crippen LogP contribution is -2.41. The summed E-state index contributed by atoms with van der Waals surface area (Å²) in [6.45, 7) is 7.08. The normalized spacial score (nSPS) is 17.4. The number of carbonyl (C=O) groups is 1. The van der Waals surface area contributed by atoms with Gasteiger partial charge in [-0.2, -0.15) is 0 Å². The van der Waals surface area contributed by atoms with E-state index in [1.807, 2.05) is 0 Å². The van der Waals surface area contributed by atoms with E-state index in [-0.39, 0.29) is 6.04 Å². The fraction of sp³-hybridized carbons (Fsp3) is 0.923. The van der Waals surface area contributed by atoms with E-state index in [0.717, 1.165) is 44.9 Å². The van der Waals surface area contributed by atoms with Crippen LogP contribution in [0.25, 0.3) is 0 Å². The third-order valence-corrected chi connectivity index (χ3v) is 3.40. The Balaban J connectivity index is 2.18. The first-order valence-electron chi connectivity index (χ1n) is 6.89. The molecule has 17 heavy (non-hydrogen) atoms. The van der Waals surface area contributed by atoms with Crippen LogP contribution in [-0.4, -0.2) is 47.7 Å². The number of nitrogens with zero attached hydrogens (tertiary/aromatic N) is 1. The maximum Gasteiger partial charge on any atom is 0.320 e. The Labute approximate surface area is 104 Å². The van der Waals surface area contributed by atoms with Crippen molar-refractivity contribution in [3.05, 3.63) is 0 Å². The number of hydrogen-bond acceptors (Lipinski definition) is 3. The summed E-state index contributed by atoms with van der Waals surface area (Å²) >= 11 is 0. The van der Waals surface area contributed by atoms with Crippen LogP contribution in [0.2, 0.25) is 0 Å². The Morgan fingerprint density at radius 1 is 1.47 bits per heavy atom. The van der Waals surface area contributed by atoms with E-state index in [2.05, 4.69) is 24.1 Å². The van der Waals surface area contributed by atoms with Gasteiger partial charge in [0.05, 0.1) is 0 Å². The minimum Gasteiger partial charge on any atom is -0.480 e. The van der Waals surface area contributed by atoms with E-state index in [9.17, 15) is 4.79 Å². The third kappa shape index (κ3) is 5.50. The minimum atomic E-state index is -0.715. The van der Waals surface area contributed by atoms with Gasteiger partial charge in [0.2, 0.25) is 0 Å². The van der Waals surface area contributed by atoms with Gasteiger partial charge in [-0.15, -0.1) is 0 Å². The number of likely N-dealkylation sites (N-methyl/N-ethyl adjacent to an activating group) is 1. The molecule has 2 N–H and O–H groups in total. The molecule has 100 valence electrons. The van der Waals surface area contributed by atoms with Crippen LogP contribution in [0.15, 0.2) is 0 Å². The summed E-state index contributed by atoms with van der Waals surface area (Å²) in [5, 5.41) is 12.2. The predicted molar refractivity (Wildman–Crippen MR) is 69.2 cm³/mol. The number of hydrogen-bond donors (Lipinski definition) is 2. The Hall–Kier alpha value is -0.610. The van der Waals surface area contributed by atoms with Gasteiger partial charge in [0.1, 0.15) is 6.04 Å². The molecule has 0 saturated heterocycles. The zero-order valence-corrected chi connectivity index (χ0v) is 11.1. The summed E-state index contributed by atoms with van der Waals surface area (Å²) in [6.07, 6.45) is 5.39. The largest absolute Gasteiger partial charge is 0.480 e. The number of carboxylic acid groups (broad SMARTS) is 1. The van der Waals surface area contributed by atoms with E-state index in [1.165, 1.54) is 12.8 Å². The van der Waals surface area contributed by atoms with Crippen molar-refractivity contribution in [2.45, 2.75) is 58.0 Å². The molecular weight excluding hydrogens is 216 g/mol. The van der Waals surface area contributed by atoms with E-state index in [4.69, 9.17) is 5.11 Å². The molecule has 1 aliphatic carbocycles. The molecule has 1 atom stereocenters. The Morgan fingerprint density at radius 3 is 2.65 bits per heavy atom. The SMILES string of the molecule is CCCCC(NCCN(CC)C1CC1)C(=O)O. The number of aliphatic carboxylic acids is 1. The second kappa shape index (κ2) is 7.67. The topological polar surface area (TPSA) is 52.6 Å². The van der Waals surface area contributed by atoms with Crippen molar-refractivity contribution >= 4 is 5.97 Å². The van der Waals surface area contributed by atoms with Crippen LogP contribution in [0.1, 0.15) is 46.0 Å². The fourth-order valence-electron chi connectivity index (χ4n) is 2.14. The highest BCUT2D eigenvalue weighted by Crippen LogP contribution is 2.25. The zero-order valence-electron chi connectivity index (χ0n) is 11.1. The molecule has 0 amide bonds. The summed E-state index contributed by atoms with van der Waals surface area (Å²) in [7, 11) is 0. The lowest BCUT2D eigenvalue weighted by Gasteiger charge is -2.21. The van der Waals surface area contributed by atoms with Gasteiger partial charge in [0.25, 0.3) is 0 Å². The second-order valence-corrected chi connectivity index (χ2v) is 4.85. The van der Waals surface area contributed by atoms with Gasteiger partial charge in [-0.1, -0.05) is 26.7 Å². The molecule has 0 radical (unpaired) electrons. The Kier molecular flexibility index (Phi) is 6.52. The van der Waals surface area contributed by atoms with Gasteiger partial charge in [0.15, 0.2) is 0 Å². The van der Waals surface area contributed by atoms with E-state index in [0.29, 0.717) is 0 Å². The molecule has 0 bridgehead atoms. The van der Waals surface area contributed by atoms with Crippen LogP contribution in [-0.2, 0) is 4.79 Å². The fourth-order valence-corrected chi connectivity index (χ4v) is 2.14. The van der Waals surface area contributed by atoms with Gasteiger partial charge in [0, 0.05) is 19.1 Å². The van der Waals surface area contributed by atoms with E-state index < -0.39 is 5.97 Å². The number of rotatable bonds is 10. The molecule has 1 saturated carbocycles. The van der Waals surface area contributed by atoms with Crippen LogP contribution in [0.5, 0.6) is 0 Å². The number of nitrogens with one attached hydrogen (secondary N) is 1. The molecule has 0 spiro atoms. The lowest BCUT2D eigenvalue weighted by molar-refractivity contribution is -0.139. The van der Waals surface area contributed by atoms with Gasteiger partial charge in [-0.3, -0.25) is 9.69 Å². The molecule has 0 aliphatic heterocycles. The molecule has 1 aliphatic rings. The second-order valence-electron chi connectivity index (χ2n) is 4.85. The smallest absolute Gasteiger partial charge is 0.320 e. The first-order chi connectivity index (χ1) is 8.19. The van der Waals surface area contributed by atoms with Gasteiger partial charge >= 0.3 is 5.97 Å². The molecule has 0 aromatic heterocycles. The zero-order chi connectivity index (χ0) is 12.7. The van der Waals surface area contributed by atoms with Crippen LogP contribution >= 0.6 is 0 Å². The van der Waals surface area contributed by atoms with Crippen LogP contribution in [0, 0.1) is 0 Å². The molecule has 1 rings (SSSR count). The van der Waals surface area contributed by atoms with Crippen molar-refractivity contribution in [3.8, 4) is 0 Å². The molecule has 1 unspecified atom stereocenters. The van der Waals surface area contributed by atoms with Crippen LogP contribution in [0.3, 0.4) is 0 Å². The average molecular weight is 242 g/mol. The quantitative estimate of drug-likeness (QED) is 0.612. The summed E-state index contributed by atoms with van der Waals surface area (Å²) < 4.78 is 0. The Bertz CT molecular complexity index is 229. The molecule has 0 aromatic rings. The summed E-state index contributed by atoms with van der Waals surface area (Å²) in [6, 6.07) is 0.397. The molecule has 4 heteroatoms.